The fourth-order valence-corrected chi connectivity index (χ4v) is 2.39. The molecule has 0 bridgehead atoms. The minimum atomic E-state index is -0.499. The van der Waals surface area contributed by atoms with Gasteiger partial charge in [0.1, 0.15) is 11.6 Å². The Hall–Kier alpha value is -1.00. The fourth-order valence-electron chi connectivity index (χ4n) is 2.39. The van der Waals surface area contributed by atoms with Gasteiger partial charge in [0.25, 0.3) is 0 Å². The van der Waals surface area contributed by atoms with Crippen molar-refractivity contribution in [3.8, 4) is 0 Å². The Morgan fingerprint density at radius 1 is 1.29 bits per heavy atom. The van der Waals surface area contributed by atoms with E-state index in [0.29, 0.717) is 18.2 Å². The molecule has 4 heteroatoms. The van der Waals surface area contributed by atoms with Crippen molar-refractivity contribution in [3.63, 3.8) is 0 Å². The summed E-state index contributed by atoms with van der Waals surface area (Å²) in [6.45, 7) is 5.57. The zero-order chi connectivity index (χ0) is 12.3. The Labute approximate surface area is 101 Å². The SMILES string of the molecule is CCN(Cc1cc(F)cc(F)c1)C1CCNC1. The van der Waals surface area contributed by atoms with Crippen LogP contribution in [-0.4, -0.2) is 30.6 Å². The molecule has 1 aromatic carbocycles. The lowest BCUT2D eigenvalue weighted by atomic mass is 10.1. The Morgan fingerprint density at radius 2 is 2.00 bits per heavy atom. The van der Waals surface area contributed by atoms with Gasteiger partial charge in [-0.25, -0.2) is 8.78 Å². The third-order valence-electron chi connectivity index (χ3n) is 3.26. The van der Waals surface area contributed by atoms with Gasteiger partial charge in [0, 0.05) is 25.2 Å². The van der Waals surface area contributed by atoms with Crippen LogP contribution in [0.4, 0.5) is 8.78 Å². The minimum Gasteiger partial charge on any atom is -0.315 e. The predicted octanol–water partition coefficient (Wildman–Crippen LogP) is 2.15. The molecule has 0 aromatic heterocycles. The summed E-state index contributed by atoms with van der Waals surface area (Å²) in [6.07, 6.45) is 1.10. The average molecular weight is 240 g/mol. The number of likely N-dealkylation sites (N-methyl/N-ethyl adjacent to an activating group) is 1. The van der Waals surface area contributed by atoms with Gasteiger partial charge in [-0.15, -0.1) is 0 Å². The summed E-state index contributed by atoms with van der Waals surface area (Å²) in [7, 11) is 0. The molecule has 0 saturated carbocycles. The van der Waals surface area contributed by atoms with Crippen LogP contribution in [0.5, 0.6) is 0 Å². The summed E-state index contributed by atoms with van der Waals surface area (Å²) in [5.74, 6) is -0.999. The van der Waals surface area contributed by atoms with Crippen LogP contribution in [0.15, 0.2) is 18.2 Å². The maximum absolute atomic E-state index is 13.1. The van der Waals surface area contributed by atoms with E-state index in [0.717, 1.165) is 32.1 Å². The summed E-state index contributed by atoms with van der Waals surface area (Å²) < 4.78 is 26.2. The van der Waals surface area contributed by atoms with E-state index in [4.69, 9.17) is 0 Å². The second-order valence-corrected chi connectivity index (χ2v) is 4.49. The van der Waals surface area contributed by atoms with E-state index in [9.17, 15) is 8.78 Å². The van der Waals surface area contributed by atoms with Crippen molar-refractivity contribution in [1.82, 2.24) is 10.2 Å². The summed E-state index contributed by atoms with van der Waals surface area (Å²) in [5, 5.41) is 3.31. The minimum absolute atomic E-state index is 0.478. The van der Waals surface area contributed by atoms with Gasteiger partial charge in [-0.3, -0.25) is 4.90 Å². The lowest BCUT2D eigenvalue weighted by Crippen LogP contribution is -2.36. The monoisotopic (exact) mass is 240 g/mol. The first-order valence-electron chi connectivity index (χ1n) is 6.08. The fraction of sp³-hybridized carbons (Fsp3) is 0.538. The molecule has 1 saturated heterocycles. The zero-order valence-corrected chi connectivity index (χ0v) is 10.0. The second kappa shape index (κ2) is 5.56. The van der Waals surface area contributed by atoms with Gasteiger partial charge in [-0.05, 0) is 37.2 Å². The maximum atomic E-state index is 13.1. The number of benzene rings is 1. The molecule has 1 atom stereocenters. The van der Waals surface area contributed by atoms with Crippen LogP contribution in [0.2, 0.25) is 0 Å². The van der Waals surface area contributed by atoms with Crippen molar-refractivity contribution in [2.45, 2.75) is 25.9 Å². The van der Waals surface area contributed by atoms with Gasteiger partial charge in [0.05, 0.1) is 0 Å². The first-order chi connectivity index (χ1) is 8.19. The molecule has 1 aliphatic heterocycles. The maximum Gasteiger partial charge on any atom is 0.126 e. The van der Waals surface area contributed by atoms with E-state index < -0.39 is 11.6 Å². The highest BCUT2D eigenvalue weighted by atomic mass is 19.1. The number of halogens is 2. The molecule has 17 heavy (non-hydrogen) atoms. The zero-order valence-electron chi connectivity index (χ0n) is 10.0. The molecule has 1 fully saturated rings. The van der Waals surface area contributed by atoms with E-state index in [-0.39, 0.29) is 0 Å². The highest BCUT2D eigenvalue weighted by molar-refractivity contribution is 5.18. The van der Waals surface area contributed by atoms with E-state index in [2.05, 4.69) is 17.1 Å². The van der Waals surface area contributed by atoms with Gasteiger partial charge in [-0.2, -0.15) is 0 Å². The lowest BCUT2D eigenvalue weighted by molar-refractivity contribution is 0.210. The molecular formula is C13H18F2N2. The molecule has 0 spiro atoms. The van der Waals surface area contributed by atoms with Gasteiger partial charge in [0.15, 0.2) is 0 Å². The average Bonchev–Trinajstić information content (AvgIpc) is 2.77. The van der Waals surface area contributed by atoms with E-state index >= 15 is 0 Å². The molecule has 1 heterocycles. The summed E-state index contributed by atoms with van der Waals surface area (Å²) >= 11 is 0. The van der Waals surface area contributed by atoms with Crippen LogP contribution in [0.1, 0.15) is 18.9 Å². The summed E-state index contributed by atoms with van der Waals surface area (Å²) in [5.41, 5.74) is 0.705. The highest BCUT2D eigenvalue weighted by Gasteiger charge is 2.21. The third-order valence-corrected chi connectivity index (χ3v) is 3.26. The molecule has 0 radical (unpaired) electrons. The van der Waals surface area contributed by atoms with Crippen LogP contribution < -0.4 is 5.32 Å². The van der Waals surface area contributed by atoms with Crippen molar-refractivity contribution in [2.75, 3.05) is 19.6 Å². The third kappa shape index (κ3) is 3.23. The molecule has 1 aliphatic rings. The van der Waals surface area contributed by atoms with Crippen molar-refractivity contribution in [1.29, 1.82) is 0 Å². The van der Waals surface area contributed by atoms with Crippen LogP contribution >= 0.6 is 0 Å². The van der Waals surface area contributed by atoms with Crippen molar-refractivity contribution in [3.05, 3.63) is 35.4 Å². The van der Waals surface area contributed by atoms with Crippen LogP contribution in [0.25, 0.3) is 0 Å². The highest BCUT2D eigenvalue weighted by Crippen LogP contribution is 2.15. The molecular weight excluding hydrogens is 222 g/mol. The van der Waals surface area contributed by atoms with Gasteiger partial charge >= 0.3 is 0 Å². The predicted molar refractivity (Wildman–Crippen MR) is 63.7 cm³/mol. The second-order valence-electron chi connectivity index (χ2n) is 4.49. The summed E-state index contributed by atoms with van der Waals surface area (Å²) in [6, 6.07) is 4.21. The Balaban J connectivity index is 2.06. The van der Waals surface area contributed by atoms with Crippen LogP contribution in [0.3, 0.4) is 0 Å². The normalized spacial score (nSPS) is 20.1. The first kappa shape index (κ1) is 12.5. The quantitative estimate of drug-likeness (QED) is 0.867. The number of nitrogens with zero attached hydrogens (tertiary/aromatic N) is 1. The molecule has 1 N–H and O–H groups in total. The number of nitrogens with one attached hydrogen (secondary N) is 1. The number of hydrogen-bond acceptors (Lipinski definition) is 2. The Morgan fingerprint density at radius 3 is 2.53 bits per heavy atom. The Kier molecular flexibility index (Phi) is 4.07. The molecule has 94 valence electrons. The molecule has 1 unspecified atom stereocenters. The molecule has 0 aliphatic carbocycles. The van der Waals surface area contributed by atoms with Crippen LogP contribution in [0, 0.1) is 11.6 Å². The van der Waals surface area contributed by atoms with Crippen LogP contribution in [-0.2, 0) is 6.54 Å². The van der Waals surface area contributed by atoms with E-state index in [1.165, 1.54) is 12.1 Å². The van der Waals surface area contributed by atoms with Crippen molar-refractivity contribution < 1.29 is 8.78 Å². The first-order valence-corrected chi connectivity index (χ1v) is 6.08. The Bertz CT molecular complexity index is 355. The van der Waals surface area contributed by atoms with Crippen molar-refractivity contribution in [2.24, 2.45) is 0 Å². The van der Waals surface area contributed by atoms with E-state index in [1.807, 2.05) is 0 Å². The molecule has 0 amide bonds. The number of rotatable bonds is 4. The van der Waals surface area contributed by atoms with Gasteiger partial charge < -0.3 is 5.32 Å². The molecule has 2 rings (SSSR count). The molecule has 2 nitrogen and oxygen atoms in total. The van der Waals surface area contributed by atoms with Gasteiger partial charge in [0.2, 0.25) is 0 Å². The molecule has 1 aromatic rings. The standard InChI is InChI=1S/C13H18F2N2/c1-2-17(13-3-4-16-8-13)9-10-5-11(14)7-12(15)6-10/h5-7,13,16H,2-4,8-9H2,1H3. The van der Waals surface area contributed by atoms with Crippen molar-refractivity contribution >= 4 is 0 Å². The topological polar surface area (TPSA) is 15.3 Å². The van der Waals surface area contributed by atoms with Gasteiger partial charge in [-0.1, -0.05) is 6.92 Å². The summed E-state index contributed by atoms with van der Waals surface area (Å²) in [4.78, 5) is 2.26. The smallest absolute Gasteiger partial charge is 0.126 e. The van der Waals surface area contributed by atoms with E-state index in [1.54, 1.807) is 0 Å². The number of hydrogen-bond donors (Lipinski definition) is 1. The largest absolute Gasteiger partial charge is 0.315 e. The lowest BCUT2D eigenvalue weighted by Gasteiger charge is -2.26.